The molecule has 0 bridgehead atoms. The largest absolute Gasteiger partial charge is 0.444 e. The molecule has 1 heterocycles. The molecule has 8 nitrogen and oxygen atoms in total. The normalized spacial score (nSPS) is 14.0. The van der Waals surface area contributed by atoms with E-state index in [0.29, 0.717) is 0 Å². The number of aliphatic hydroxyl groups is 2. The summed E-state index contributed by atoms with van der Waals surface area (Å²) in [5.74, 6) is -0.673. The molecule has 8 heteroatoms. The number of ether oxygens (including phenoxy) is 1. The standard InChI is InChI=1S/C15H23N3O5/c1-15(2,3)23-14(22)18-5-4-11(19)12(20)9-6-10(13(16)21)8-17-7-9/h6-8,11-12,19-20H,4-5H2,1-3H3,(H2,16,21)(H,18,22). The van der Waals surface area contributed by atoms with Gasteiger partial charge >= 0.3 is 6.09 Å². The number of rotatable bonds is 6. The van der Waals surface area contributed by atoms with Gasteiger partial charge in [0.05, 0.1) is 11.7 Å². The highest BCUT2D eigenvalue weighted by molar-refractivity contribution is 5.92. The van der Waals surface area contributed by atoms with Gasteiger partial charge in [0.1, 0.15) is 11.7 Å². The van der Waals surface area contributed by atoms with Crippen LogP contribution in [0.5, 0.6) is 0 Å². The fraction of sp³-hybridized carbons (Fsp3) is 0.533. The van der Waals surface area contributed by atoms with Gasteiger partial charge in [-0.15, -0.1) is 0 Å². The third kappa shape index (κ3) is 6.62. The third-order valence-electron chi connectivity index (χ3n) is 2.86. The molecule has 0 aliphatic carbocycles. The van der Waals surface area contributed by atoms with Crippen LogP contribution < -0.4 is 11.1 Å². The second-order valence-electron chi connectivity index (χ2n) is 6.10. The number of aliphatic hydroxyl groups excluding tert-OH is 2. The molecule has 0 aliphatic rings. The van der Waals surface area contributed by atoms with Gasteiger partial charge in [-0.1, -0.05) is 0 Å². The Morgan fingerprint density at radius 2 is 2.00 bits per heavy atom. The molecule has 1 aromatic rings. The minimum atomic E-state index is -1.25. The molecular formula is C15H23N3O5. The Hall–Kier alpha value is -2.19. The number of primary amides is 1. The summed E-state index contributed by atoms with van der Waals surface area (Å²) in [5.41, 5.74) is 4.94. The minimum absolute atomic E-state index is 0.0984. The minimum Gasteiger partial charge on any atom is -0.444 e. The first-order valence-corrected chi connectivity index (χ1v) is 7.18. The molecule has 5 N–H and O–H groups in total. The van der Waals surface area contributed by atoms with Crippen molar-refractivity contribution in [2.45, 2.75) is 45.0 Å². The van der Waals surface area contributed by atoms with Crippen molar-refractivity contribution in [1.82, 2.24) is 10.3 Å². The van der Waals surface area contributed by atoms with Gasteiger partial charge < -0.3 is 26.0 Å². The maximum Gasteiger partial charge on any atom is 0.407 e. The van der Waals surface area contributed by atoms with E-state index < -0.39 is 29.8 Å². The summed E-state index contributed by atoms with van der Waals surface area (Å²) in [6, 6.07) is 1.37. The predicted octanol–water partition coefficient (Wildman–Crippen LogP) is 0.490. The van der Waals surface area contributed by atoms with E-state index in [1.165, 1.54) is 18.5 Å². The molecular weight excluding hydrogens is 302 g/mol. The average Bonchev–Trinajstić information content (AvgIpc) is 2.44. The molecule has 2 unspecified atom stereocenters. The van der Waals surface area contributed by atoms with Crippen LogP contribution >= 0.6 is 0 Å². The molecule has 1 rings (SSSR count). The van der Waals surface area contributed by atoms with Crippen molar-refractivity contribution in [3.63, 3.8) is 0 Å². The van der Waals surface area contributed by atoms with Gasteiger partial charge in [0.15, 0.2) is 0 Å². The summed E-state index contributed by atoms with van der Waals surface area (Å²) < 4.78 is 5.05. The monoisotopic (exact) mass is 325 g/mol. The number of nitrogens with zero attached hydrogens (tertiary/aromatic N) is 1. The fourth-order valence-electron chi connectivity index (χ4n) is 1.77. The van der Waals surface area contributed by atoms with Crippen LogP contribution in [-0.4, -0.2) is 45.4 Å². The Morgan fingerprint density at radius 1 is 1.35 bits per heavy atom. The Labute approximate surface area is 134 Å². The number of pyridine rings is 1. The molecule has 0 spiro atoms. The fourth-order valence-corrected chi connectivity index (χ4v) is 1.77. The molecule has 2 amide bonds. The van der Waals surface area contributed by atoms with E-state index in [2.05, 4.69) is 10.3 Å². The van der Waals surface area contributed by atoms with Gasteiger partial charge in [-0.2, -0.15) is 0 Å². The van der Waals surface area contributed by atoms with E-state index in [1.807, 2.05) is 0 Å². The van der Waals surface area contributed by atoms with Gasteiger partial charge in [-0.05, 0) is 33.3 Å². The summed E-state index contributed by atoms with van der Waals surface area (Å²) in [5, 5.41) is 22.5. The maximum absolute atomic E-state index is 11.5. The Kier molecular flexibility index (Phi) is 6.47. The smallest absolute Gasteiger partial charge is 0.407 e. The lowest BCUT2D eigenvalue weighted by molar-refractivity contribution is 0.0121. The van der Waals surface area contributed by atoms with Crippen LogP contribution in [0.1, 0.15) is 49.2 Å². The molecule has 128 valence electrons. The molecule has 0 aliphatic heterocycles. The lowest BCUT2D eigenvalue weighted by atomic mass is 10.0. The van der Waals surface area contributed by atoms with Gasteiger partial charge in [0.2, 0.25) is 5.91 Å². The van der Waals surface area contributed by atoms with E-state index in [4.69, 9.17) is 10.5 Å². The number of hydrogen-bond acceptors (Lipinski definition) is 6. The number of carbonyl (C=O) groups is 2. The first-order valence-electron chi connectivity index (χ1n) is 7.18. The van der Waals surface area contributed by atoms with Crippen LogP contribution in [-0.2, 0) is 4.74 Å². The van der Waals surface area contributed by atoms with Crippen molar-refractivity contribution in [2.75, 3.05) is 6.54 Å². The van der Waals surface area contributed by atoms with Crippen molar-refractivity contribution in [3.8, 4) is 0 Å². The first kappa shape index (κ1) is 18.9. The van der Waals surface area contributed by atoms with Crippen LogP contribution in [0.4, 0.5) is 4.79 Å². The molecule has 0 saturated heterocycles. The van der Waals surface area contributed by atoms with Gasteiger partial charge in [-0.3, -0.25) is 9.78 Å². The van der Waals surface area contributed by atoms with E-state index >= 15 is 0 Å². The molecule has 2 atom stereocenters. The SMILES string of the molecule is CC(C)(C)OC(=O)NCCC(O)C(O)c1cncc(C(N)=O)c1. The van der Waals surface area contributed by atoms with Crippen molar-refractivity contribution in [1.29, 1.82) is 0 Å². The van der Waals surface area contributed by atoms with Crippen LogP contribution in [0.3, 0.4) is 0 Å². The highest BCUT2D eigenvalue weighted by Gasteiger charge is 2.21. The van der Waals surface area contributed by atoms with E-state index in [-0.39, 0.29) is 24.1 Å². The van der Waals surface area contributed by atoms with Crippen molar-refractivity contribution in [3.05, 3.63) is 29.6 Å². The molecule has 0 aromatic carbocycles. The topological polar surface area (TPSA) is 135 Å². The van der Waals surface area contributed by atoms with Crippen LogP contribution in [0, 0.1) is 0 Å². The zero-order chi connectivity index (χ0) is 17.6. The second kappa shape index (κ2) is 7.89. The van der Waals surface area contributed by atoms with Crippen LogP contribution in [0.25, 0.3) is 0 Å². The molecule has 1 aromatic heterocycles. The van der Waals surface area contributed by atoms with E-state index in [1.54, 1.807) is 20.8 Å². The summed E-state index contributed by atoms with van der Waals surface area (Å²) in [6.45, 7) is 5.34. The van der Waals surface area contributed by atoms with Crippen LogP contribution in [0.15, 0.2) is 18.5 Å². The second-order valence-corrected chi connectivity index (χ2v) is 6.10. The lowest BCUT2D eigenvalue weighted by Crippen LogP contribution is -2.34. The lowest BCUT2D eigenvalue weighted by Gasteiger charge is -2.21. The Bertz CT molecular complexity index is 556. The highest BCUT2D eigenvalue weighted by Crippen LogP contribution is 2.19. The maximum atomic E-state index is 11.5. The number of nitrogens with two attached hydrogens (primary N) is 1. The molecule has 0 radical (unpaired) electrons. The number of amides is 2. The predicted molar refractivity (Wildman–Crippen MR) is 82.6 cm³/mol. The number of aromatic nitrogens is 1. The van der Waals surface area contributed by atoms with Crippen molar-refractivity contribution >= 4 is 12.0 Å². The van der Waals surface area contributed by atoms with E-state index in [9.17, 15) is 19.8 Å². The highest BCUT2D eigenvalue weighted by atomic mass is 16.6. The number of alkyl carbamates (subject to hydrolysis) is 1. The quantitative estimate of drug-likeness (QED) is 0.601. The van der Waals surface area contributed by atoms with Gasteiger partial charge in [-0.25, -0.2) is 4.79 Å². The Balaban J connectivity index is 2.51. The van der Waals surface area contributed by atoms with Crippen molar-refractivity contribution < 1.29 is 24.5 Å². The molecule has 23 heavy (non-hydrogen) atoms. The summed E-state index contributed by atoms with van der Waals surface area (Å²) in [7, 11) is 0. The zero-order valence-electron chi connectivity index (χ0n) is 13.4. The number of nitrogens with one attached hydrogen (secondary N) is 1. The van der Waals surface area contributed by atoms with Crippen LogP contribution in [0.2, 0.25) is 0 Å². The van der Waals surface area contributed by atoms with Crippen molar-refractivity contribution in [2.24, 2.45) is 5.73 Å². The first-order chi connectivity index (χ1) is 10.6. The van der Waals surface area contributed by atoms with Gasteiger partial charge in [0.25, 0.3) is 0 Å². The number of hydrogen-bond donors (Lipinski definition) is 4. The summed E-state index contributed by atoms with van der Waals surface area (Å²) >= 11 is 0. The summed E-state index contributed by atoms with van der Waals surface area (Å²) in [4.78, 5) is 26.3. The molecule has 0 fully saturated rings. The zero-order valence-corrected chi connectivity index (χ0v) is 13.4. The van der Waals surface area contributed by atoms with E-state index in [0.717, 1.165) is 0 Å². The van der Waals surface area contributed by atoms with Gasteiger partial charge in [0, 0.05) is 24.5 Å². The molecule has 0 saturated carbocycles. The summed E-state index contributed by atoms with van der Waals surface area (Å²) in [6.07, 6.45) is -0.286. The Morgan fingerprint density at radius 3 is 2.57 bits per heavy atom. The third-order valence-corrected chi connectivity index (χ3v) is 2.86. The average molecular weight is 325 g/mol. The number of carbonyl (C=O) groups excluding carboxylic acids is 2.